The van der Waals surface area contributed by atoms with Gasteiger partial charge in [-0.05, 0) is 37.8 Å². The maximum atomic E-state index is 12.6. The van der Waals surface area contributed by atoms with E-state index < -0.39 is 0 Å². The molecule has 0 aromatic heterocycles. The Balaban J connectivity index is 1.55. The van der Waals surface area contributed by atoms with Crippen LogP contribution in [0.5, 0.6) is 5.75 Å². The van der Waals surface area contributed by atoms with Crippen LogP contribution in [0.25, 0.3) is 0 Å². The van der Waals surface area contributed by atoms with Gasteiger partial charge in [-0.25, -0.2) is 0 Å². The van der Waals surface area contributed by atoms with E-state index in [-0.39, 0.29) is 5.91 Å². The second-order valence-corrected chi connectivity index (χ2v) is 6.72. The standard InChI is InChI=1S/C19H26N2O2/c1-15-6-3-4-8-18(15)23-14-16-7-5-10-21(12-16)19(22)17-9-11-20(2)13-17/h3-4,6,8,13,16H,5,7,9-12,14H2,1-2H3. The molecule has 4 heteroatoms. The SMILES string of the molecule is Cc1ccccc1OCC1CCCN(C(=O)C2=CN(C)CC2)C1. The van der Waals surface area contributed by atoms with Crippen molar-refractivity contribution in [2.45, 2.75) is 26.2 Å². The average Bonchev–Trinajstić information content (AvgIpc) is 3.00. The Labute approximate surface area is 138 Å². The minimum Gasteiger partial charge on any atom is -0.493 e. The molecule has 2 heterocycles. The van der Waals surface area contributed by atoms with Gasteiger partial charge in [-0.2, -0.15) is 0 Å². The summed E-state index contributed by atoms with van der Waals surface area (Å²) in [5.74, 6) is 1.60. The third kappa shape index (κ3) is 3.87. The summed E-state index contributed by atoms with van der Waals surface area (Å²) >= 11 is 0. The van der Waals surface area contributed by atoms with Gasteiger partial charge in [-0.15, -0.1) is 0 Å². The van der Waals surface area contributed by atoms with Gasteiger partial charge < -0.3 is 14.5 Å². The summed E-state index contributed by atoms with van der Waals surface area (Å²) in [5.41, 5.74) is 2.11. The zero-order valence-corrected chi connectivity index (χ0v) is 14.1. The Bertz CT molecular complexity index is 597. The first-order chi connectivity index (χ1) is 11.1. The highest BCUT2D eigenvalue weighted by Gasteiger charge is 2.27. The molecule has 1 atom stereocenters. The van der Waals surface area contributed by atoms with Gasteiger partial charge in [-0.1, -0.05) is 18.2 Å². The summed E-state index contributed by atoms with van der Waals surface area (Å²) in [6.45, 7) is 5.39. The second-order valence-electron chi connectivity index (χ2n) is 6.72. The zero-order chi connectivity index (χ0) is 16.2. The first-order valence-electron chi connectivity index (χ1n) is 8.52. The van der Waals surface area contributed by atoms with Gasteiger partial charge in [0.05, 0.1) is 6.61 Å². The normalized spacial score (nSPS) is 21.3. The molecule has 1 saturated heterocycles. The Morgan fingerprint density at radius 3 is 2.87 bits per heavy atom. The molecule has 0 N–H and O–H groups in total. The van der Waals surface area contributed by atoms with Crippen molar-refractivity contribution in [3.05, 3.63) is 41.6 Å². The van der Waals surface area contributed by atoms with E-state index in [1.54, 1.807) is 0 Å². The predicted molar refractivity (Wildman–Crippen MR) is 91.3 cm³/mol. The van der Waals surface area contributed by atoms with E-state index in [1.165, 1.54) is 0 Å². The molecule has 1 amide bonds. The highest BCUT2D eigenvalue weighted by atomic mass is 16.5. The summed E-state index contributed by atoms with van der Waals surface area (Å²) < 4.78 is 5.99. The number of piperidine rings is 1. The van der Waals surface area contributed by atoms with Crippen molar-refractivity contribution in [3.63, 3.8) is 0 Å². The number of carbonyl (C=O) groups excluding carboxylic acids is 1. The minimum atomic E-state index is 0.218. The zero-order valence-electron chi connectivity index (χ0n) is 14.1. The summed E-state index contributed by atoms with van der Waals surface area (Å²) in [4.78, 5) is 16.7. The van der Waals surface area contributed by atoms with E-state index >= 15 is 0 Å². The molecule has 0 bridgehead atoms. The van der Waals surface area contributed by atoms with E-state index in [2.05, 4.69) is 17.9 Å². The topological polar surface area (TPSA) is 32.8 Å². The summed E-state index contributed by atoms with van der Waals surface area (Å²) in [5, 5.41) is 0. The number of benzene rings is 1. The number of para-hydroxylation sites is 1. The van der Waals surface area contributed by atoms with Crippen molar-refractivity contribution < 1.29 is 9.53 Å². The van der Waals surface area contributed by atoms with Crippen LogP contribution in [-0.4, -0.2) is 49.0 Å². The monoisotopic (exact) mass is 314 g/mol. The van der Waals surface area contributed by atoms with Crippen LogP contribution in [0.1, 0.15) is 24.8 Å². The number of hydrogen-bond donors (Lipinski definition) is 0. The van der Waals surface area contributed by atoms with Gasteiger partial charge in [-0.3, -0.25) is 4.79 Å². The van der Waals surface area contributed by atoms with Crippen molar-refractivity contribution in [2.75, 3.05) is 33.3 Å². The summed E-state index contributed by atoms with van der Waals surface area (Å²) in [6, 6.07) is 8.10. The fourth-order valence-corrected chi connectivity index (χ4v) is 3.37. The molecule has 1 fully saturated rings. The van der Waals surface area contributed by atoms with Crippen molar-refractivity contribution in [3.8, 4) is 5.75 Å². The number of rotatable bonds is 4. The first kappa shape index (κ1) is 15.9. The lowest BCUT2D eigenvalue weighted by atomic mass is 9.98. The van der Waals surface area contributed by atoms with E-state index in [1.807, 2.05) is 36.3 Å². The van der Waals surface area contributed by atoms with E-state index in [4.69, 9.17) is 4.74 Å². The van der Waals surface area contributed by atoms with Crippen LogP contribution in [0.15, 0.2) is 36.0 Å². The van der Waals surface area contributed by atoms with Crippen molar-refractivity contribution >= 4 is 5.91 Å². The van der Waals surface area contributed by atoms with Gasteiger partial charge in [0.15, 0.2) is 0 Å². The van der Waals surface area contributed by atoms with Crippen LogP contribution in [0.3, 0.4) is 0 Å². The third-order valence-electron chi connectivity index (χ3n) is 4.76. The fourth-order valence-electron chi connectivity index (χ4n) is 3.37. The third-order valence-corrected chi connectivity index (χ3v) is 4.76. The summed E-state index contributed by atoms with van der Waals surface area (Å²) in [6.07, 6.45) is 5.07. The molecule has 23 heavy (non-hydrogen) atoms. The molecule has 0 spiro atoms. The lowest BCUT2D eigenvalue weighted by Gasteiger charge is -2.33. The van der Waals surface area contributed by atoms with Crippen LogP contribution < -0.4 is 4.74 Å². The Kier molecular flexibility index (Phi) is 4.89. The highest BCUT2D eigenvalue weighted by Crippen LogP contribution is 2.23. The largest absolute Gasteiger partial charge is 0.493 e. The Morgan fingerprint density at radius 1 is 1.30 bits per heavy atom. The Morgan fingerprint density at radius 2 is 2.13 bits per heavy atom. The van der Waals surface area contributed by atoms with Crippen molar-refractivity contribution in [1.29, 1.82) is 0 Å². The van der Waals surface area contributed by atoms with Crippen LogP contribution in [0, 0.1) is 12.8 Å². The number of likely N-dealkylation sites (tertiary alicyclic amines) is 1. The first-order valence-corrected chi connectivity index (χ1v) is 8.52. The lowest BCUT2D eigenvalue weighted by Crippen LogP contribution is -2.42. The van der Waals surface area contributed by atoms with E-state index in [0.717, 1.165) is 55.8 Å². The smallest absolute Gasteiger partial charge is 0.251 e. The van der Waals surface area contributed by atoms with Crippen molar-refractivity contribution in [2.24, 2.45) is 5.92 Å². The molecule has 0 aliphatic carbocycles. The highest BCUT2D eigenvalue weighted by molar-refractivity contribution is 5.93. The van der Waals surface area contributed by atoms with Crippen LogP contribution in [0.4, 0.5) is 0 Å². The molecule has 2 aliphatic rings. The minimum absolute atomic E-state index is 0.218. The number of nitrogens with zero attached hydrogens (tertiary/aromatic N) is 2. The number of amides is 1. The number of ether oxygens (including phenoxy) is 1. The molecule has 3 rings (SSSR count). The number of aryl methyl sites for hydroxylation is 1. The van der Waals surface area contributed by atoms with E-state index in [0.29, 0.717) is 12.5 Å². The molecular formula is C19H26N2O2. The number of hydrogen-bond acceptors (Lipinski definition) is 3. The molecular weight excluding hydrogens is 288 g/mol. The molecule has 2 aliphatic heterocycles. The molecule has 1 aromatic rings. The van der Waals surface area contributed by atoms with Crippen LogP contribution in [-0.2, 0) is 4.79 Å². The maximum absolute atomic E-state index is 12.6. The van der Waals surface area contributed by atoms with Crippen molar-refractivity contribution in [1.82, 2.24) is 9.80 Å². The second kappa shape index (κ2) is 7.07. The van der Waals surface area contributed by atoms with Gasteiger partial charge in [0, 0.05) is 44.4 Å². The van der Waals surface area contributed by atoms with Crippen LogP contribution in [0.2, 0.25) is 0 Å². The van der Waals surface area contributed by atoms with E-state index in [9.17, 15) is 4.79 Å². The summed E-state index contributed by atoms with van der Waals surface area (Å²) in [7, 11) is 2.02. The molecule has 4 nitrogen and oxygen atoms in total. The Hall–Kier alpha value is -1.97. The fraction of sp³-hybridized carbons (Fsp3) is 0.526. The molecule has 1 unspecified atom stereocenters. The van der Waals surface area contributed by atoms with Gasteiger partial charge in [0.1, 0.15) is 5.75 Å². The molecule has 0 saturated carbocycles. The van der Waals surface area contributed by atoms with Gasteiger partial charge in [0.25, 0.3) is 5.91 Å². The maximum Gasteiger partial charge on any atom is 0.251 e. The van der Waals surface area contributed by atoms with Gasteiger partial charge >= 0.3 is 0 Å². The van der Waals surface area contributed by atoms with Crippen LogP contribution >= 0.6 is 0 Å². The molecule has 124 valence electrons. The quantitative estimate of drug-likeness (QED) is 0.857. The van der Waals surface area contributed by atoms with Gasteiger partial charge in [0.2, 0.25) is 0 Å². The molecule has 1 aromatic carbocycles. The number of carbonyl (C=O) groups is 1. The average molecular weight is 314 g/mol. The molecule has 0 radical (unpaired) electrons. The predicted octanol–water partition coefficient (Wildman–Crippen LogP) is 2.83. The lowest BCUT2D eigenvalue weighted by molar-refractivity contribution is -0.129.